The molecule has 180 valence electrons. The van der Waals surface area contributed by atoms with Crippen molar-refractivity contribution in [2.45, 2.75) is 43.4 Å². The molecule has 0 bridgehead atoms. The predicted molar refractivity (Wildman–Crippen MR) is 117 cm³/mol. The van der Waals surface area contributed by atoms with Gasteiger partial charge in [-0.2, -0.15) is 17.5 Å². The van der Waals surface area contributed by atoms with Gasteiger partial charge >= 0.3 is 12.1 Å². The molecule has 0 aromatic heterocycles. The SMILES string of the molecule is COC(=O)c1ccc(C)c(S(=O)(=O)N2CCC(N(C)Cc3cccc(C(F)(F)F)c3)CC2)c1. The van der Waals surface area contributed by atoms with Gasteiger partial charge in [0.1, 0.15) is 0 Å². The fraction of sp³-hybridized carbons (Fsp3) is 0.435. The van der Waals surface area contributed by atoms with Crippen molar-refractivity contribution in [1.29, 1.82) is 0 Å². The van der Waals surface area contributed by atoms with E-state index in [0.29, 0.717) is 30.5 Å². The van der Waals surface area contributed by atoms with Gasteiger partial charge in [0, 0.05) is 25.7 Å². The maximum Gasteiger partial charge on any atom is 0.416 e. The summed E-state index contributed by atoms with van der Waals surface area (Å²) in [4.78, 5) is 13.9. The Balaban J connectivity index is 1.68. The number of hydrogen-bond donors (Lipinski definition) is 0. The number of halogens is 3. The van der Waals surface area contributed by atoms with Gasteiger partial charge in [0.25, 0.3) is 0 Å². The maximum atomic E-state index is 13.2. The first-order chi connectivity index (χ1) is 15.4. The third kappa shape index (κ3) is 5.74. The Morgan fingerprint density at radius 1 is 1.15 bits per heavy atom. The molecule has 1 saturated heterocycles. The molecule has 10 heteroatoms. The van der Waals surface area contributed by atoms with Crippen molar-refractivity contribution in [3.05, 3.63) is 64.7 Å². The zero-order valence-corrected chi connectivity index (χ0v) is 19.5. The largest absolute Gasteiger partial charge is 0.465 e. The summed E-state index contributed by atoms with van der Waals surface area (Å²) in [5, 5.41) is 0. The first-order valence-corrected chi connectivity index (χ1v) is 11.9. The Labute approximate surface area is 192 Å². The number of piperidine rings is 1. The fourth-order valence-electron chi connectivity index (χ4n) is 4.05. The lowest BCUT2D eigenvalue weighted by atomic mass is 10.0. The zero-order chi connectivity index (χ0) is 24.4. The summed E-state index contributed by atoms with van der Waals surface area (Å²) in [6.45, 7) is 2.56. The summed E-state index contributed by atoms with van der Waals surface area (Å²) >= 11 is 0. The first kappa shape index (κ1) is 25.2. The van der Waals surface area contributed by atoms with E-state index < -0.39 is 27.7 Å². The quantitative estimate of drug-likeness (QED) is 0.578. The summed E-state index contributed by atoms with van der Waals surface area (Å²) in [5.41, 5.74) is 0.570. The Morgan fingerprint density at radius 2 is 1.82 bits per heavy atom. The lowest BCUT2D eigenvalue weighted by Crippen LogP contribution is -2.45. The van der Waals surface area contributed by atoms with Crippen molar-refractivity contribution < 1.29 is 31.1 Å². The number of aryl methyl sites for hydroxylation is 1. The molecule has 0 aliphatic carbocycles. The van der Waals surface area contributed by atoms with Crippen molar-refractivity contribution in [1.82, 2.24) is 9.21 Å². The van der Waals surface area contributed by atoms with Crippen LogP contribution in [0, 0.1) is 6.92 Å². The van der Waals surface area contributed by atoms with Gasteiger partial charge in [-0.3, -0.25) is 4.90 Å². The molecule has 2 aromatic carbocycles. The average Bonchev–Trinajstić information content (AvgIpc) is 2.78. The number of rotatable bonds is 6. The van der Waals surface area contributed by atoms with Crippen molar-refractivity contribution in [2.24, 2.45) is 0 Å². The molecule has 0 unspecified atom stereocenters. The third-order valence-electron chi connectivity index (χ3n) is 5.96. The van der Waals surface area contributed by atoms with E-state index in [9.17, 15) is 26.4 Å². The van der Waals surface area contributed by atoms with Crippen LogP contribution >= 0.6 is 0 Å². The Hall–Kier alpha value is -2.43. The van der Waals surface area contributed by atoms with E-state index in [-0.39, 0.29) is 29.6 Å². The average molecular weight is 485 g/mol. The minimum atomic E-state index is -4.39. The van der Waals surface area contributed by atoms with Crippen LogP contribution in [0.3, 0.4) is 0 Å². The van der Waals surface area contributed by atoms with Crippen LogP contribution in [0.4, 0.5) is 13.2 Å². The molecule has 2 aromatic rings. The van der Waals surface area contributed by atoms with E-state index in [2.05, 4.69) is 4.74 Å². The molecule has 0 N–H and O–H groups in total. The molecule has 1 heterocycles. The summed E-state index contributed by atoms with van der Waals surface area (Å²) in [6.07, 6.45) is -3.30. The van der Waals surface area contributed by atoms with Gasteiger partial charge in [0.2, 0.25) is 10.0 Å². The minimum Gasteiger partial charge on any atom is -0.465 e. The second-order valence-corrected chi connectivity index (χ2v) is 10.1. The van der Waals surface area contributed by atoms with E-state index in [1.165, 1.54) is 29.6 Å². The van der Waals surface area contributed by atoms with Crippen LogP contribution in [-0.2, 0) is 27.5 Å². The number of sulfonamides is 1. The summed E-state index contributed by atoms with van der Waals surface area (Å²) in [6, 6.07) is 9.71. The topological polar surface area (TPSA) is 66.9 Å². The van der Waals surface area contributed by atoms with Gasteiger partial charge < -0.3 is 4.74 Å². The lowest BCUT2D eigenvalue weighted by molar-refractivity contribution is -0.137. The molecule has 0 saturated carbocycles. The monoisotopic (exact) mass is 484 g/mol. The third-order valence-corrected chi connectivity index (χ3v) is 8.00. The smallest absolute Gasteiger partial charge is 0.416 e. The Bertz CT molecular complexity index is 1110. The van der Waals surface area contributed by atoms with Crippen molar-refractivity contribution in [3.63, 3.8) is 0 Å². The van der Waals surface area contributed by atoms with Crippen LogP contribution in [0.5, 0.6) is 0 Å². The number of carbonyl (C=O) groups excluding carboxylic acids is 1. The van der Waals surface area contributed by atoms with E-state index in [1.807, 2.05) is 11.9 Å². The van der Waals surface area contributed by atoms with Crippen molar-refractivity contribution in [3.8, 4) is 0 Å². The summed E-state index contributed by atoms with van der Waals surface area (Å²) < 4.78 is 71.4. The number of ether oxygens (including phenoxy) is 1. The number of esters is 1. The number of hydrogen-bond acceptors (Lipinski definition) is 5. The molecule has 0 amide bonds. The first-order valence-electron chi connectivity index (χ1n) is 10.5. The molecular weight excluding hydrogens is 457 g/mol. The standard InChI is InChI=1S/C23H27F3N2O4S/c1-16-7-8-18(22(29)32-3)14-21(16)33(30,31)28-11-9-20(10-12-28)27(2)15-17-5-4-6-19(13-17)23(24,25)26/h4-8,13-14,20H,9-12,15H2,1-3H3. The Kier molecular flexibility index (Phi) is 7.50. The highest BCUT2D eigenvalue weighted by Gasteiger charge is 2.33. The van der Waals surface area contributed by atoms with Crippen LogP contribution in [0.15, 0.2) is 47.4 Å². The van der Waals surface area contributed by atoms with Gasteiger partial charge in [-0.25, -0.2) is 13.2 Å². The van der Waals surface area contributed by atoms with Gasteiger partial charge in [-0.1, -0.05) is 24.3 Å². The number of methoxy groups -OCH3 is 1. The molecule has 0 radical (unpaired) electrons. The molecule has 33 heavy (non-hydrogen) atoms. The maximum absolute atomic E-state index is 13.2. The van der Waals surface area contributed by atoms with E-state index >= 15 is 0 Å². The van der Waals surface area contributed by atoms with E-state index in [1.54, 1.807) is 19.1 Å². The lowest BCUT2D eigenvalue weighted by Gasteiger charge is -2.36. The summed E-state index contributed by atoms with van der Waals surface area (Å²) in [7, 11) is -0.739. The fourth-order valence-corrected chi connectivity index (χ4v) is 5.77. The highest BCUT2D eigenvalue weighted by Crippen LogP contribution is 2.30. The second kappa shape index (κ2) is 9.82. The number of alkyl halides is 3. The van der Waals surface area contributed by atoms with Gasteiger partial charge in [-0.15, -0.1) is 0 Å². The number of carbonyl (C=O) groups is 1. The molecular formula is C23H27F3N2O4S. The molecule has 0 spiro atoms. The van der Waals surface area contributed by atoms with Crippen LogP contribution in [0.25, 0.3) is 0 Å². The zero-order valence-electron chi connectivity index (χ0n) is 18.7. The Morgan fingerprint density at radius 3 is 2.42 bits per heavy atom. The van der Waals surface area contributed by atoms with Crippen LogP contribution in [0.1, 0.15) is 39.9 Å². The summed E-state index contributed by atoms with van der Waals surface area (Å²) in [5.74, 6) is -0.610. The molecule has 1 aliphatic heterocycles. The predicted octanol–water partition coefficient (Wildman–Crippen LogP) is 4.09. The highest BCUT2D eigenvalue weighted by atomic mass is 32.2. The molecule has 0 atom stereocenters. The van der Waals surface area contributed by atoms with E-state index in [0.717, 1.165) is 12.1 Å². The van der Waals surface area contributed by atoms with Crippen LogP contribution in [0.2, 0.25) is 0 Å². The van der Waals surface area contributed by atoms with Gasteiger partial charge in [-0.05, 0) is 56.1 Å². The molecule has 1 fully saturated rings. The minimum absolute atomic E-state index is 0.0356. The van der Waals surface area contributed by atoms with E-state index in [4.69, 9.17) is 0 Å². The normalized spacial score (nSPS) is 16.2. The number of nitrogens with zero attached hydrogens (tertiary/aromatic N) is 2. The van der Waals surface area contributed by atoms with Gasteiger partial charge in [0.15, 0.2) is 0 Å². The van der Waals surface area contributed by atoms with Gasteiger partial charge in [0.05, 0.1) is 23.1 Å². The van der Waals surface area contributed by atoms with Crippen LogP contribution in [-0.4, -0.2) is 56.9 Å². The number of benzene rings is 2. The molecule has 1 aliphatic rings. The molecule has 6 nitrogen and oxygen atoms in total. The molecule has 3 rings (SSSR count). The highest BCUT2D eigenvalue weighted by molar-refractivity contribution is 7.89. The van der Waals surface area contributed by atoms with Crippen molar-refractivity contribution >= 4 is 16.0 Å². The second-order valence-electron chi connectivity index (χ2n) is 8.22. The van der Waals surface area contributed by atoms with Crippen LogP contribution < -0.4 is 0 Å². The van der Waals surface area contributed by atoms with Crippen molar-refractivity contribution in [2.75, 3.05) is 27.2 Å².